The van der Waals surface area contributed by atoms with Crippen LogP contribution < -0.4 is 4.74 Å². The van der Waals surface area contributed by atoms with E-state index < -0.39 is 40.0 Å². The summed E-state index contributed by atoms with van der Waals surface area (Å²) in [6, 6.07) is 8.04. The molecule has 0 aliphatic heterocycles. The summed E-state index contributed by atoms with van der Waals surface area (Å²) in [6.07, 6.45) is 0.0364. The fourth-order valence-corrected chi connectivity index (χ4v) is 3.70. The van der Waals surface area contributed by atoms with Crippen molar-refractivity contribution < 1.29 is 36.3 Å². The van der Waals surface area contributed by atoms with E-state index >= 15 is 0 Å². The number of nitrogens with zero attached hydrogens (tertiary/aromatic N) is 1. The van der Waals surface area contributed by atoms with Crippen molar-refractivity contribution in [3.63, 3.8) is 0 Å². The second-order valence-corrected chi connectivity index (χ2v) is 8.36. The molecular formula is C20H21F2NO6S. The molecule has 0 fully saturated rings. The minimum Gasteiger partial charge on any atom is -0.494 e. The Hall–Kier alpha value is -2.85. The van der Waals surface area contributed by atoms with Crippen LogP contribution in [-0.4, -0.2) is 51.8 Å². The SMILES string of the molecule is COc1ccc(C(=O)COC(=O)CCCN(C)S(=O)(=O)c2ccc(F)cc2)cc1F. The highest BCUT2D eigenvalue weighted by Gasteiger charge is 2.21. The minimum atomic E-state index is -3.81. The van der Waals surface area contributed by atoms with Gasteiger partial charge in [-0.1, -0.05) is 0 Å². The van der Waals surface area contributed by atoms with E-state index in [2.05, 4.69) is 0 Å². The molecule has 0 amide bonds. The van der Waals surface area contributed by atoms with Gasteiger partial charge in [0.15, 0.2) is 24.0 Å². The monoisotopic (exact) mass is 441 g/mol. The van der Waals surface area contributed by atoms with E-state index in [1.165, 1.54) is 26.3 Å². The lowest BCUT2D eigenvalue weighted by Gasteiger charge is -2.16. The molecule has 0 aliphatic rings. The summed E-state index contributed by atoms with van der Waals surface area (Å²) in [5.41, 5.74) is 0.0335. The standard InChI is InChI=1S/C20H21F2NO6S/c1-23(30(26,27)16-8-6-15(21)7-9-16)11-3-4-20(25)29-13-18(24)14-5-10-19(28-2)17(22)12-14/h5-10,12H,3-4,11,13H2,1-2H3. The first-order chi connectivity index (χ1) is 14.1. The van der Waals surface area contributed by atoms with Crippen LogP contribution in [0.2, 0.25) is 0 Å². The fraction of sp³-hybridized carbons (Fsp3) is 0.300. The zero-order valence-electron chi connectivity index (χ0n) is 16.4. The van der Waals surface area contributed by atoms with Crippen LogP contribution in [0.5, 0.6) is 5.75 Å². The van der Waals surface area contributed by atoms with Gasteiger partial charge in [-0.15, -0.1) is 0 Å². The van der Waals surface area contributed by atoms with Gasteiger partial charge in [-0.3, -0.25) is 9.59 Å². The van der Waals surface area contributed by atoms with Gasteiger partial charge in [-0.2, -0.15) is 0 Å². The number of carbonyl (C=O) groups excluding carboxylic acids is 2. The molecule has 0 saturated heterocycles. The summed E-state index contributed by atoms with van der Waals surface area (Å²) in [5.74, 6) is -2.54. The van der Waals surface area contributed by atoms with Crippen molar-refractivity contribution in [1.82, 2.24) is 4.31 Å². The zero-order valence-corrected chi connectivity index (χ0v) is 17.2. The highest BCUT2D eigenvalue weighted by molar-refractivity contribution is 7.89. The van der Waals surface area contributed by atoms with E-state index in [9.17, 15) is 26.8 Å². The Morgan fingerprint density at radius 2 is 1.73 bits per heavy atom. The lowest BCUT2D eigenvalue weighted by atomic mass is 10.1. The van der Waals surface area contributed by atoms with Gasteiger partial charge in [0.1, 0.15) is 5.82 Å². The van der Waals surface area contributed by atoms with Crippen LogP contribution in [-0.2, 0) is 19.6 Å². The van der Waals surface area contributed by atoms with Crippen LogP contribution in [0.25, 0.3) is 0 Å². The number of sulfonamides is 1. The number of benzene rings is 2. The van der Waals surface area contributed by atoms with Gasteiger partial charge in [0.05, 0.1) is 12.0 Å². The van der Waals surface area contributed by atoms with Crippen LogP contribution in [0.4, 0.5) is 8.78 Å². The van der Waals surface area contributed by atoms with Crippen molar-refractivity contribution in [3.05, 3.63) is 59.7 Å². The zero-order chi connectivity index (χ0) is 22.3. The van der Waals surface area contributed by atoms with E-state index in [4.69, 9.17) is 9.47 Å². The predicted molar refractivity (Wildman–Crippen MR) is 104 cm³/mol. The molecule has 0 atom stereocenters. The summed E-state index contributed by atoms with van der Waals surface area (Å²) >= 11 is 0. The molecule has 0 aliphatic carbocycles. The molecule has 0 spiro atoms. The average molecular weight is 441 g/mol. The molecule has 0 bridgehead atoms. The molecule has 7 nitrogen and oxygen atoms in total. The number of esters is 1. The summed E-state index contributed by atoms with van der Waals surface area (Å²) in [7, 11) is -1.18. The third-order valence-corrected chi connectivity index (χ3v) is 6.08. The lowest BCUT2D eigenvalue weighted by molar-refractivity contribution is -0.142. The summed E-state index contributed by atoms with van der Waals surface area (Å²) in [4.78, 5) is 23.7. The molecule has 30 heavy (non-hydrogen) atoms. The number of Topliss-reactive ketones (excluding diaryl/α,β-unsaturated/α-hetero) is 1. The van der Waals surface area contributed by atoms with Gasteiger partial charge in [-0.25, -0.2) is 21.5 Å². The summed E-state index contributed by atoms with van der Waals surface area (Å²) in [6.45, 7) is -0.541. The van der Waals surface area contributed by atoms with Crippen molar-refractivity contribution in [3.8, 4) is 5.75 Å². The molecule has 162 valence electrons. The van der Waals surface area contributed by atoms with E-state index in [1.54, 1.807) is 0 Å². The maximum atomic E-state index is 13.6. The molecule has 0 unspecified atom stereocenters. The van der Waals surface area contributed by atoms with Crippen LogP contribution in [0.15, 0.2) is 47.4 Å². The lowest BCUT2D eigenvalue weighted by Crippen LogP contribution is -2.28. The van der Waals surface area contributed by atoms with Gasteiger partial charge in [-0.05, 0) is 48.9 Å². The van der Waals surface area contributed by atoms with Gasteiger partial charge in [0, 0.05) is 25.6 Å². The molecular weight excluding hydrogens is 420 g/mol. The number of rotatable bonds is 10. The Bertz CT molecular complexity index is 1010. The number of methoxy groups -OCH3 is 1. The topological polar surface area (TPSA) is 90.0 Å². The van der Waals surface area contributed by atoms with Crippen LogP contribution in [0, 0.1) is 11.6 Å². The van der Waals surface area contributed by atoms with Crippen LogP contribution >= 0.6 is 0 Å². The van der Waals surface area contributed by atoms with Gasteiger partial charge < -0.3 is 9.47 Å². The third kappa shape index (κ3) is 6.07. The largest absolute Gasteiger partial charge is 0.494 e. The van der Waals surface area contributed by atoms with Crippen molar-refractivity contribution in [2.24, 2.45) is 0 Å². The number of hydrogen-bond acceptors (Lipinski definition) is 6. The first-order valence-electron chi connectivity index (χ1n) is 8.89. The Labute approximate surface area is 173 Å². The molecule has 2 aromatic carbocycles. The van der Waals surface area contributed by atoms with Crippen molar-refractivity contribution in [2.45, 2.75) is 17.7 Å². The number of ketones is 1. The smallest absolute Gasteiger partial charge is 0.306 e. The number of hydrogen-bond donors (Lipinski definition) is 0. The van der Waals surface area contributed by atoms with Crippen molar-refractivity contribution in [2.75, 3.05) is 27.3 Å². The van der Waals surface area contributed by atoms with E-state index in [0.717, 1.165) is 34.6 Å². The fourth-order valence-electron chi connectivity index (χ4n) is 2.49. The number of carbonyl (C=O) groups is 2. The van der Waals surface area contributed by atoms with E-state index in [1.807, 2.05) is 0 Å². The predicted octanol–water partition coefficient (Wildman–Crippen LogP) is 2.80. The minimum absolute atomic E-state index is 0.0109. The first-order valence-corrected chi connectivity index (χ1v) is 10.3. The molecule has 0 N–H and O–H groups in total. The molecule has 0 heterocycles. The quantitative estimate of drug-likeness (QED) is 0.416. The number of ether oxygens (including phenoxy) is 2. The Morgan fingerprint density at radius 1 is 1.07 bits per heavy atom. The van der Waals surface area contributed by atoms with Crippen LogP contribution in [0.3, 0.4) is 0 Å². The molecule has 10 heteroatoms. The van der Waals surface area contributed by atoms with Crippen molar-refractivity contribution in [1.29, 1.82) is 0 Å². The average Bonchev–Trinajstić information content (AvgIpc) is 2.72. The molecule has 2 aromatic rings. The Balaban J connectivity index is 1.79. The number of halogens is 2. The molecule has 2 rings (SSSR count). The second kappa shape index (κ2) is 10.3. The van der Waals surface area contributed by atoms with Gasteiger partial charge in [0.2, 0.25) is 10.0 Å². The summed E-state index contributed by atoms with van der Waals surface area (Å²) in [5, 5.41) is 0. The maximum Gasteiger partial charge on any atom is 0.306 e. The van der Waals surface area contributed by atoms with Gasteiger partial charge in [0.25, 0.3) is 0 Å². The highest BCUT2D eigenvalue weighted by Crippen LogP contribution is 2.18. The first kappa shape index (κ1) is 23.4. The van der Waals surface area contributed by atoms with E-state index in [-0.39, 0.29) is 35.6 Å². The molecule has 0 aromatic heterocycles. The van der Waals surface area contributed by atoms with Crippen molar-refractivity contribution >= 4 is 21.8 Å². The third-order valence-electron chi connectivity index (χ3n) is 4.21. The summed E-state index contributed by atoms with van der Waals surface area (Å²) < 4.78 is 62.0. The highest BCUT2D eigenvalue weighted by atomic mass is 32.2. The Morgan fingerprint density at radius 3 is 2.33 bits per heavy atom. The normalized spacial score (nSPS) is 11.4. The Kier molecular flexibility index (Phi) is 8.01. The van der Waals surface area contributed by atoms with E-state index in [0.29, 0.717) is 0 Å². The molecule has 0 radical (unpaired) electrons. The van der Waals surface area contributed by atoms with Crippen LogP contribution in [0.1, 0.15) is 23.2 Å². The molecule has 0 saturated carbocycles. The van der Waals surface area contributed by atoms with Gasteiger partial charge >= 0.3 is 5.97 Å². The second-order valence-electron chi connectivity index (χ2n) is 6.32. The maximum absolute atomic E-state index is 13.6.